The lowest BCUT2D eigenvalue weighted by Gasteiger charge is -2.30. The van der Waals surface area contributed by atoms with E-state index in [-0.39, 0.29) is 34.7 Å². The van der Waals surface area contributed by atoms with Gasteiger partial charge in [-0.15, -0.1) is 0 Å². The normalized spacial score (nSPS) is 16.0. The predicted molar refractivity (Wildman–Crippen MR) is 131 cm³/mol. The molecule has 1 aliphatic rings. The van der Waals surface area contributed by atoms with Gasteiger partial charge in [-0.2, -0.15) is 4.31 Å². The van der Waals surface area contributed by atoms with Crippen LogP contribution in [0.3, 0.4) is 0 Å². The van der Waals surface area contributed by atoms with Crippen molar-refractivity contribution >= 4 is 52.5 Å². The van der Waals surface area contributed by atoms with Gasteiger partial charge in [0.2, 0.25) is 15.9 Å². The molecule has 0 aliphatic carbocycles. The second-order valence-corrected chi connectivity index (χ2v) is 13.1. The number of nitrogens with one attached hydrogen (secondary N) is 1. The molecule has 1 fully saturated rings. The molecule has 9 nitrogen and oxygen atoms in total. The first-order chi connectivity index (χ1) is 16.0. The van der Waals surface area contributed by atoms with E-state index < -0.39 is 19.9 Å². The summed E-state index contributed by atoms with van der Waals surface area (Å²) >= 11 is 1.38. The molecular weight excluding hydrogens is 498 g/mol. The van der Waals surface area contributed by atoms with Crippen molar-refractivity contribution in [2.45, 2.75) is 29.6 Å². The lowest BCUT2D eigenvalue weighted by Crippen LogP contribution is -2.41. The van der Waals surface area contributed by atoms with Crippen molar-refractivity contribution < 1.29 is 26.4 Å². The number of sulfone groups is 1. The zero-order valence-electron chi connectivity index (χ0n) is 18.9. The van der Waals surface area contributed by atoms with E-state index in [1.54, 1.807) is 7.11 Å². The first-order valence-corrected chi connectivity index (χ1v) is 14.7. The molecule has 12 heteroatoms. The number of fused-ring (bicyclic) bond motifs is 1. The maximum absolute atomic E-state index is 13.0. The molecule has 4 rings (SSSR count). The number of sulfonamides is 1. The first-order valence-electron chi connectivity index (χ1n) is 10.6. The number of anilines is 1. The summed E-state index contributed by atoms with van der Waals surface area (Å²) in [5, 5.41) is 3.35. The number of aromatic nitrogens is 1. The number of rotatable bonds is 6. The van der Waals surface area contributed by atoms with Crippen LogP contribution in [0.5, 0.6) is 5.75 Å². The van der Waals surface area contributed by atoms with Gasteiger partial charge in [-0.3, -0.25) is 4.79 Å². The van der Waals surface area contributed by atoms with Gasteiger partial charge in [0, 0.05) is 25.3 Å². The number of hydrogen-bond donors (Lipinski definition) is 1. The molecule has 1 amide bonds. The van der Waals surface area contributed by atoms with Crippen molar-refractivity contribution in [3.8, 4) is 5.75 Å². The zero-order valence-corrected chi connectivity index (χ0v) is 21.4. The highest BCUT2D eigenvalue weighted by Gasteiger charge is 2.32. The maximum Gasteiger partial charge on any atom is 0.243 e. The summed E-state index contributed by atoms with van der Waals surface area (Å²) in [6.45, 7) is 2.36. The van der Waals surface area contributed by atoms with Crippen LogP contribution < -0.4 is 10.1 Å². The van der Waals surface area contributed by atoms with E-state index in [0.29, 0.717) is 29.2 Å². The highest BCUT2D eigenvalue weighted by molar-refractivity contribution is 7.90. The quantitative estimate of drug-likeness (QED) is 0.527. The Labute approximate surface area is 202 Å². The van der Waals surface area contributed by atoms with E-state index in [1.165, 1.54) is 39.9 Å². The smallest absolute Gasteiger partial charge is 0.243 e. The summed E-state index contributed by atoms with van der Waals surface area (Å²) in [6.07, 6.45) is 1.82. The molecule has 0 spiro atoms. The van der Waals surface area contributed by atoms with Gasteiger partial charge in [0.25, 0.3) is 0 Å². The van der Waals surface area contributed by atoms with Crippen LogP contribution in [-0.4, -0.2) is 58.5 Å². The second kappa shape index (κ2) is 9.25. The number of nitrogens with zero attached hydrogens (tertiary/aromatic N) is 2. The van der Waals surface area contributed by atoms with E-state index >= 15 is 0 Å². The molecule has 1 N–H and O–H groups in total. The maximum atomic E-state index is 13.0. The number of thiazole rings is 1. The van der Waals surface area contributed by atoms with Gasteiger partial charge in [-0.05, 0) is 55.7 Å². The van der Waals surface area contributed by atoms with Crippen LogP contribution >= 0.6 is 11.3 Å². The standard InChI is InChI=1S/C22H25N3O6S3/c1-14-4-9-18(31-2)19-20(14)32-22(23-19)24-21(26)15-10-12-25(13-11-15)34(29,30)17-7-5-16(6-8-17)33(3,27)28/h4-9,15H,10-13H2,1-3H3,(H,23,24,26). The van der Waals surface area contributed by atoms with E-state index in [4.69, 9.17) is 4.74 Å². The van der Waals surface area contributed by atoms with Gasteiger partial charge in [0.05, 0.1) is 21.6 Å². The van der Waals surface area contributed by atoms with Crippen LogP contribution in [0.4, 0.5) is 5.13 Å². The number of carbonyl (C=O) groups is 1. The molecule has 0 atom stereocenters. The molecule has 0 saturated carbocycles. The highest BCUT2D eigenvalue weighted by atomic mass is 32.2. The average Bonchev–Trinajstić information content (AvgIpc) is 3.23. The molecule has 0 unspecified atom stereocenters. The van der Waals surface area contributed by atoms with Gasteiger partial charge in [0.1, 0.15) is 11.3 Å². The summed E-state index contributed by atoms with van der Waals surface area (Å²) in [5.41, 5.74) is 1.74. The monoisotopic (exact) mass is 523 g/mol. The minimum absolute atomic E-state index is 0.0293. The van der Waals surface area contributed by atoms with Crippen molar-refractivity contribution in [3.05, 3.63) is 42.0 Å². The minimum Gasteiger partial charge on any atom is -0.494 e. The summed E-state index contributed by atoms with van der Waals surface area (Å²) < 4.78 is 56.8. The number of ether oxygens (including phenoxy) is 1. The van der Waals surface area contributed by atoms with E-state index in [9.17, 15) is 21.6 Å². The highest BCUT2D eigenvalue weighted by Crippen LogP contribution is 2.35. The third-order valence-electron chi connectivity index (χ3n) is 5.87. The summed E-state index contributed by atoms with van der Waals surface area (Å²) in [4.78, 5) is 17.4. The molecule has 0 bridgehead atoms. The number of benzene rings is 2. The molecular formula is C22H25N3O6S3. The largest absolute Gasteiger partial charge is 0.494 e. The third-order valence-corrected chi connectivity index (χ3v) is 10.0. The Morgan fingerprint density at radius 3 is 2.26 bits per heavy atom. The summed E-state index contributed by atoms with van der Waals surface area (Å²) in [6, 6.07) is 8.96. The van der Waals surface area contributed by atoms with Crippen molar-refractivity contribution in [1.29, 1.82) is 0 Å². The van der Waals surface area contributed by atoms with Gasteiger partial charge in [0.15, 0.2) is 15.0 Å². The van der Waals surface area contributed by atoms with Crippen molar-refractivity contribution in [2.24, 2.45) is 5.92 Å². The lowest BCUT2D eigenvalue weighted by atomic mass is 9.97. The molecule has 1 aliphatic heterocycles. The second-order valence-electron chi connectivity index (χ2n) is 8.19. The van der Waals surface area contributed by atoms with E-state index in [1.807, 2.05) is 19.1 Å². The topological polar surface area (TPSA) is 123 Å². The van der Waals surface area contributed by atoms with Crippen LogP contribution in [0.25, 0.3) is 10.2 Å². The number of hydrogen-bond acceptors (Lipinski definition) is 8. The van der Waals surface area contributed by atoms with Crippen LogP contribution in [0.2, 0.25) is 0 Å². The zero-order chi connectivity index (χ0) is 24.7. The Morgan fingerprint density at radius 1 is 1.06 bits per heavy atom. The Kier molecular flexibility index (Phi) is 6.69. The molecule has 2 aromatic carbocycles. The van der Waals surface area contributed by atoms with Gasteiger partial charge < -0.3 is 10.1 Å². The fourth-order valence-corrected chi connectivity index (χ4v) is 6.96. The minimum atomic E-state index is -3.78. The lowest BCUT2D eigenvalue weighted by molar-refractivity contribution is -0.120. The van der Waals surface area contributed by atoms with E-state index in [2.05, 4.69) is 10.3 Å². The predicted octanol–water partition coefficient (Wildman–Crippen LogP) is 3.06. The number of carbonyl (C=O) groups excluding carboxylic acids is 1. The Hall–Kier alpha value is -2.54. The fourth-order valence-electron chi connectivity index (χ4n) is 3.90. The molecule has 0 radical (unpaired) electrons. The van der Waals surface area contributed by atoms with Gasteiger partial charge >= 0.3 is 0 Å². The average molecular weight is 524 g/mol. The van der Waals surface area contributed by atoms with Crippen LogP contribution in [-0.2, 0) is 24.7 Å². The number of piperidine rings is 1. The molecule has 3 aromatic rings. The Morgan fingerprint density at radius 2 is 1.68 bits per heavy atom. The summed E-state index contributed by atoms with van der Waals surface area (Å²) in [5.74, 6) is 0.111. The van der Waals surface area contributed by atoms with Crippen molar-refractivity contribution in [2.75, 3.05) is 31.8 Å². The SMILES string of the molecule is COc1ccc(C)c2sc(NC(=O)C3CCN(S(=O)(=O)c4ccc(S(C)(=O)=O)cc4)CC3)nc12. The Bertz CT molecular complexity index is 1440. The van der Waals surface area contributed by atoms with Crippen LogP contribution in [0.15, 0.2) is 46.2 Å². The molecule has 2 heterocycles. The fraction of sp³-hybridized carbons (Fsp3) is 0.364. The van der Waals surface area contributed by atoms with E-state index in [0.717, 1.165) is 16.5 Å². The van der Waals surface area contributed by atoms with Gasteiger partial charge in [-0.25, -0.2) is 21.8 Å². The number of aryl methyl sites for hydroxylation is 1. The third kappa shape index (κ3) is 4.81. The Balaban J connectivity index is 1.42. The molecule has 1 aromatic heterocycles. The molecule has 182 valence electrons. The summed E-state index contributed by atoms with van der Waals surface area (Å²) in [7, 11) is -5.62. The molecule has 34 heavy (non-hydrogen) atoms. The van der Waals surface area contributed by atoms with Gasteiger partial charge in [-0.1, -0.05) is 17.4 Å². The van der Waals surface area contributed by atoms with Crippen molar-refractivity contribution in [1.82, 2.24) is 9.29 Å². The van der Waals surface area contributed by atoms with Crippen LogP contribution in [0.1, 0.15) is 18.4 Å². The molecule has 1 saturated heterocycles. The number of amides is 1. The van der Waals surface area contributed by atoms with Crippen molar-refractivity contribution in [3.63, 3.8) is 0 Å². The first kappa shape index (κ1) is 24.6. The number of methoxy groups -OCH3 is 1. The van der Waals surface area contributed by atoms with Crippen LogP contribution in [0, 0.1) is 12.8 Å².